The molecule has 27 heavy (non-hydrogen) atoms. The summed E-state index contributed by atoms with van der Waals surface area (Å²) in [6.45, 7) is 0.398. The maximum atomic E-state index is 12.7. The number of fused-ring (bicyclic) bond motifs is 1. The third kappa shape index (κ3) is 3.14. The first-order valence-electron chi connectivity index (χ1n) is 8.43. The third-order valence-electron chi connectivity index (χ3n) is 4.73. The van der Waals surface area contributed by atoms with Crippen LogP contribution in [0.5, 0.6) is 5.75 Å². The average Bonchev–Trinajstić information content (AvgIpc) is 3.03. The van der Waals surface area contributed by atoms with Crippen LogP contribution in [0.25, 0.3) is 11.0 Å². The molecule has 0 atom stereocenters. The monoisotopic (exact) mass is 386 g/mol. The fraction of sp³-hybridized carbons (Fsp3) is 0.278. The van der Waals surface area contributed by atoms with Crippen LogP contribution in [0.15, 0.2) is 53.4 Å². The van der Waals surface area contributed by atoms with E-state index in [1.807, 2.05) is 24.3 Å². The van der Waals surface area contributed by atoms with Gasteiger partial charge < -0.3 is 9.64 Å². The minimum absolute atomic E-state index is 0.0375. The standard InChI is InChI=1S/C18H18N4O4S/c1-26-13-6-8-14(9-7-13)27(24,25)15-10-21(11-15)18(23)12-22-17-5-3-2-4-16(17)19-20-22/h2-9,15H,10-12H2,1H3. The lowest BCUT2D eigenvalue weighted by molar-refractivity contribution is -0.135. The van der Waals surface area contributed by atoms with Crippen LogP contribution in [0, 0.1) is 0 Å². The molecule has 1 aromatic heterocycles. The predicted octanol–water partition coefficient (Wildman–Crippen LogP) is 1.12. The van der Waals surface area contributed by atoms with E-state index in [0.717, 1.165) is 5.52 Å². The molecule has 9 heteroatoms. The molecular weight excluding hydrogens is 368 g/mol. The Morgan fingerprint density at radius 2 is 1.85 bits per heavy atom. The van der Waals surface area contributed by atoms with E-state index in [9.17, 15) is 13.2 Å². The van der Waals surface area contributed by atoms with Crippen molar-refractivity contribution < 1.29 is 17.9 Å². The number of rotatable bonds is 5. The Labute approximate surface area is 156 Å². The molecule has 3 aromatic rings. The van der Waals surface area contributed by atoms with Crippen LogP contribution < -0.4 is 4.74 Å². The number of aromatic nitrogens is 3. The molecule has 0 saturated carbocycles. The van der Waals surface area contributed by atoms with E-state index >= 15 is 0 Å². The first-order chi connectivity index (χ1) is 13.0. The lowest BCUT2D eigenvalue weighted by Gasteiger charge is -2.38. The van der Waals surface area contributed by atoms with Gasteiger partial charge in [0.25, 0.3) is 0 Å². The van der Waals surface area contributed by atoms with Gasteiger partial charge in [0, 0.05) is 13.1 Å². The maximum absolute atomic E-state index is 12.7. The van der Waals surface area contributed by atoms with E-state index in [1.165, 1.54) is 28.8 Å². The van der Waals surface area contributed by atoms with Crippen LogP contribution in [0.2, 0.25) is 0 Å². The van der Waals surface area contributed by atoms with Crippen molar-refractivity contribution in [3.8, 4) is 5.75 Å². The van der Waals surface area contributed by atoms with Gasteiger partial charge in [-0.15, -0.1) is 5.10 Å². The predicted molar refractivity (Wildman–Crippen MR) is 98.1 cm³/mol. The fourth-order valence-electron chi connectivity index (χ4n) is 3.06. The lowest BCUT2D eigenvalue weighted by Crippen LogP contribution is -2.57. The van der Waals surface area contributed by atoms with Gasteiger partial charge in [-0.3, -0.25) is 4.79 Å². The van der Waals surface area contributed by atoms with Crippen LogP contribution in [0.1, 0.15) is 0 Å². The van der Waals surface area contributed by atoms with Crippen LogP contribution in [-0.4, -0.2) is 59.7 Å². The summed E-state index contributed by atoms with van der Waals surface area (Å²) in [4.78, 5) is 14.2. The Hall–Kier alpha value is -2.94. The van der Waals surface area contributed by atoms with Gasteiger partial charge >= 0.3 is 0 Å². The molecule has 2 heterocycles. The van der Waals surface area contributed by atoms with Gasteiger partial charge in [-0.25, -0.2) is 13.1 Å². The molecular formula is C18H18N4O4S. The Kier molecular flexibility index (Phi) is 4.31. The van der Waals surface area contributed by atoms with E-state index < -0.39 is 15.1 Å². The highest BCUT2D eigenvalue weighted by atomic mass is 32.2. The van der Waals surface area contributed by atoms with Gasteiger partial charge in [0.2, 0.25) is 5.91 Å². The summed E-state index contributed by atoms with van der Waals surface area (Å²) in [5.41, 5.74) is 1.49. The molecule has 0 bridgehead atoms. The molecule has 1 aliphatic heterocycles. The second-order valence-corrected chi connectivity index (χ2v) is 8.61. The number of likely N-dealkylation sites (tertiary alicyclic amines) is 1. The Bertz CT molecular complexity index is 1090. The number of carbonyl (C=O) groups is 1. The van der Waals surface area contributed by atoms with E-state index in [4.69, 9.17) is 4.74 Å². The van der Waals surface area contributed by atoms with Crippen LogP contribution in [0.4, 0.5) is 0 Å². The molecule has 0 N–H and O–H groups in total. The lowest BCUT2D eigenvalue weighted by atomic mass is 10.2. The highest BCUT2D eigenvalue weighted by Crippen LogP contribution is 2.25. The quantitative estimate of drug-likeness (QED) is 0.652. The van der Waals surface area contributed by atoms with E-state index in [2.05, 4.69) is 10.3 Å². The van der Waals surface area contributed by atoms with Gasteiger partial charge in [0.1, 0.15) is 23.1 Å². The van der Waals surface area contributed by atoms with Gasteiger partial charge in [-0.1, -0.05) is 17.3 Å². The summed E-state index contributed by atoms with van der Waals surface area (Å²) >= 11 is 0. The molecule has 140 valence electrons. The smallest absolute Gasteiger partial charge is 0.244 e. The number of amides is 1. The second-order valence-electron chi connectivity index (χ2n) is 6.38. The van der Waals surface area contributed by atoms with E-state index in [-0.39, 0.29) is 30.4 Å². The Morgan fingerprint density at radius 3 is 2.56 bits per heavy atom. The number of hydrogen-bond acceptors (Lipinski definition) is 6. The Balaban J connectivity index is 1.41. The van der Waals surface area contributed by atoms with Crippen LogP contribution in [0.3, 0.4) is 0 Å². The first kappa shape index (κ1) is 17.5. The summed E-state index contributed by atoms with van der Waals surface area (Å²) in [5, 5.41) is 7.42. The van der Waals surface area contributed by atoms with Crippen molar-refractivity contribution in [2.75, 3.05) is 20.2 Å². The number of ether oxygens (including phenoxy) is 1. The van der Waals surface area contributed by atoms with Gasteiger partial charge in [0.05, 0.1) is 17.5 Å². The average molecular weight is 386 g/mol. The molecule has 1 fully saturated rings. The molecule has 2 aromatic carbocycles. The molecule has 1 saturated heterocycles. The van der Waals surface area contributed by atoms with Crippen molar-refractivity contribution in [2.45, 2.75) is 16.7 Å². The van der Waals surface area contributed by atoms with Crippen molar-refractivity contribution in [1.29, 1.82) is 0 Å². The highest BCUT2D eigenvalue weighted by molar-refractivity contribution is 7.92. The van der Waals surface area contributed by atoms with Crippen molar-refractivity contribution in [3.05, 3.63) is 48.5 Å². The summed E-state index contributed by atoms with van der Waals surface area (Å²) in [6, 6.07) is 13.7. The highest BCUT2D eigenvalue weighted by Gasteiger charge is 2.40. The number of methoxy groups -OCH3 is 1. The molecule has 1 amide bonds. The zero-order chi connectivity index (χ0) is 19.0. The van der Waals surface area contributed by atoms with E-state index in [0.29, 0.717) is 11.3 Å². The van der Waals surface area contributed by atoms with Crippen LogP contribution >= 0.6 is 0 Å². The number of benzene rings is 2. The zero-order valence-electron chi connectivity index (χ0n) is 14.6. The summed E-state index contributed by atoms with van der Waals surface area (Å²) < 4.78 is 31.9. The maximum Gasteiger partial charge on any atom is 0.244 e. The van der Waals surface area contributed by atoms with Crippen LogP contribution in [-0.2, 0) is 21.2 Å². The number of hydrogen-bond donors (Lipinski definition) is 0. The van der Waals surface area contributed by atoms with E-state index in [1.54, 1.807) is 12.1 Å². The summed E-state index contributed by atoms with van der Waals surface area (Å²) in [6.07, 6.45) is 0. The molecule has 0 radical (unpaired) electrons. The molecule has 4 rings (SSSR count). The van der Waals surface area contributed by atoms with Gasteiger partial charge in [-0.05, 0) is 36.4 Å². The topological polar surface area (TPSA) is 94.4 Å². The molecule has 1 aliphatic rings. The molecule has 0 spiro atoms. The fourth-order valence-corrected chi connectivity index (χ4v) is 4.71. The van der Waals surface area contributed by atoms with Crippen molar-refractivity contribution in [2.24, 2.45) is 0 Å². The van der Waals surface area contributed by atoms with Gasteiger partial charge in [-0.2, -0.15) is 0 Å². The van der Waals surface area contributed by atoms with Crippen molar-refractivity contribution >= 4 is 26.8 Å². The molecule has 0 unspecified atom stereocenters. The number of nitrogens with zero attached hydrogens (tertiary/aromatic N) is 4. The SMILES string of the molecule is COc1ccc(S(=O)(=O)C2CN(C(=O)Cn3nnc4ccccc43)C2)cc1. The number of sulfone groups is 1. The Morgan fingerprint density at radius 1 is 1.15 bits per heavy atom. The van der Waals surface area contributed by atoms with Gasteiger partial charge in [0.15, 0.2) is 9.84 Å². The molecule has 0 aliphatic carbocycles. The zero-order valence-corrected chi connectivity index (χ0v) is 15.5. The first-order valence-corrected chi connectivity index (χ1v) is 9.97. The number of para-hydroxylation sites is 1. The largest absolute Gasteiger partial charge is 0.497 e. The molecule has 8 nitrogen and oxygen atoms in total. The summed E-state index contributed by atoms with van der Waals surface area (Å²) in [5.74, 6) is 0.422. The van der Waals surface area contributed by atoms with Crippen molar-refractivity contribution in [1.82, 2.24) is 19.9 Å². The number of carbonyl (C=O) groups excluding carboxylic acids is 1. The second kappa shape index (κ2) is 6.66. The van der Waals surface area contributed by atoms with Crippen molar-refractivity contribution in [3.63, 3.8) is 0 Å². The third-order valence-corrected chi connectivity index (χ3v) is 6.84. The minimum atomic E-state index is -3.47. The summed E-state index contributed by atoms with van der Waals surface area (Å²) in [7, 11) is -1.95. The normalized spacial score (nSPS) is 14.9. The minimum Gasteiger partial charge on any atom is -0.497 e.